The Kier molecular flexibility index (Phi) is 4.78. The number of sulfonamides is 1. The first kappa shape index (κ1) is 16.2. The molecule has 1 heterocycles. The molecule has 6 heteroatoms. The standard InChI is InChI=1S/C14H20INO3S/c1-10-4-6-11(7-5-10)20(17,18)16-13-12(8-15)19-9-14(13,2)3/h4-7,12-13,16H,8-9H2,1-3H3/t12-,13-/m1/s1. The van der Waals surface area contributed by atoms with Crippen LogP contribution in [-0.4, -0.2) is 31.6 Å². The number of benzene rings is 1. The molecule has 0 spiro atoms. The molecule has 1 aliphatic rings. The largest absolute Gasteiger partial charge is 0.375 e. The number of hydrogen-bond donors (Lipinski definition) is 1. The van der Waals surface area contributed by atoms with Gasteiger partial charge >= 0.3 is 0 Å². The van der Waals surface area contributed by atoms with Crippen molar-refractivity contribution < 1.29 is 13.2 Å². The molecule has 0 bridgehead atoms. The first-order valence-electron chi connectivity index (χ1n) is 6.53. The minimum atomic E-state index is -3.51. The lowest BCUT2D eigenvalue weighted by Gasteiger charge is -2.28. The molecule has 0 aliphatic carbocycles. The quantitative estimate of drug-likeness (QED) is 0.614. The molecule has 0 aromatic heterocycles. The summed E-state index contributed by atoms with van der Waals surface area (Å²) in [5.41, 5.74) is 0.840. The van der Waals surface area contributed by atoms with Gasteiger partial charge in [-0.15, -0.1) is 0 Å². The summed E-state index contributed by atoms with van der Waals surface area (Å²) in [7, 11) is -3.51. The van der Waals surface area contributed by atoms with Gasteiger partial charge in [-0.25, -0.2) is 13.1 Å². The van der Waals surface area contributed by atoms with Gasteiger partial charge in [0.05, 0.1) is 23.6 Å². The van der Waals surface area contributed by atoms with Crippen LogP contribution in [0, 0.1) is 12.3 Å². The zero-order valence-corrected chi connectivity index (χ0v) is 14.9. The maximum atomic E-state index is 12.5. The number of nitrogens with one attached hydrogen (secondary N) is 1. The first-order valence-corrected chi connectivity index (χ1v) is 9.54. The maximum absolute atomic E-state index is 12.5. The smallest absolute Gasteiger partial charge is 0.240 e. The van der Waals surface area contributed by atoms with Crippen LogP contribution in [0.15, 0.2) is 29.2 Å². The zero-order chi connectivity index (χ0) is 15.0. The molecule has 0 unspecified atom stereocenters. The van der Waals surface area contributed by atoms with Crippen LogP contribution in [0.4, 0.5) is 0 Å². The summed E-state index contributed by atoms with van der Waals surface area (Å²) in [6, 6.07) is 6.69. The molecule has 1 aromatic carbocycles. The highest BCUT2D eigenvalue weighted by Crippen LogP contribution is 2.34. The Labute approximate surface area is 134 Å². The fourth-order valence-electron chi connectivity index (χ4n) is 2.33. The summed E-state index contributed by atoms with van der Waals surface area (Å²) in [6.07, 6.45) is -0.0779. The molecule has 0 saturated carbocycles. The molecule has 1 fully saturated rings. The minimum Gasteiger partial charge on any atom is -0.375 e. The molecular weight excluding hydrogens is 389 g/mol. The molecule has 1 N–H and O–H groups in total. The van der Waals surface area contributed by atoms with E-state index in [0.29, 0.717) is 11.5 Å². The molecule has 0 amide bonds. The Bertz CT molecular complexity index is 569. The van der Waals surface area contributed by atoms with Crippen LogP contribution in [0.1, 0.15) is 19.4 Å². The number of ether oxygens (including phenoxy) is 1. The van der Waals surface area contributed by atoms with Gasteiger partial charge in [-0.3, -0.25) is 0 Å². The van der Waals surface area contributed by atoms with Crippen LogP contribution in [0.25, 0.3) is 0 Å². The van der Waals surface area contributed by atoms with Crippen molar-refractivity contribution in [3.05, 3.63) is 29.8 Å². The van der Waals surface area contributed by atoms with Crippen molar-refractivity contribution in [1.82, 2.24) is 4.72 Å². The predicted octanol–water partition coefficient (Wildman–Crippen LogP) is 2.50. The van der Waals surface area contributed by atoms with Gasteiger partial charge in [-0.1, -0.05) is 54.1 Å². The predicted molar refractivity (Wildman–Crippen MR) is 87.7 cm³/mol. The van der Waals surface area contributed by atoms with Crippen LogP contribution in [0.3, 0.4) is 0 Å². The van der Waals surface area contributed by atoms with E-state index in [1.807, 2.05) is 20.8 Å². The van der Waals surface area contributed by atoms with E-state index in [0.717, 1.165) is 9.99 Å². The third kappa shape index (κ3) is 3.35. The number of aryl methyl sites for hydroxylation is 1. The van der Waals surface area contributed by atoms with Crippen LogP contribution >= 0.6 is 22.6 Å². The van der Waals surface area contributed by atoms with Crippen molar-refractivity contribution in [3.63, 3.8) is 0 Å². The van der Waals surface area contributed by atoms with E-state index in [4.69, 9.17) is 4.74 Å². The van der Waals surface area contributed by atoms with E-state index in [2.05, 4.69) is 27.3 Å². The van der Waals surface area contributed by atoms with E-state index in [-0.39, 0.29) is 17.6 Å². The molecule has 112 valence electrons. The van der Waals surface area contributed by atoms with Gasteiger partial charge in [-0.2, -0.15) is 0 Å². The van der Waals surface area contributed by atoms with Crippen molar-refractivity contribution in [1.29, 1.82) is 0 Å². The van der Waals surface area contributed by atoms with Crippen molar-refractivity contribution in [3.8, 4) is 0 Å². The van der Waals surface area contributed by atoms with E-state index >= 15 is 0 Å². The van der Waals surface area contributed by atoms with Gasteiger partial charge in [0.25, 0.3) is 0 Å². The van der Waals surface area contributed by atoms with Crippen LogP contribution in [0.5, 0.6) is 0 Å². The normalized spacial score (nSPS) is 25.8. The molecule has 1 aliphatic heterocycles. The SMILES string of the molecule is Cc1ccc(S(=O)(=O)N[C@@H]2[C@@H](CI)OCC2(C)C)cc1. The van der Waals surface area contributed by atoms with Gasteiger partial charge in [0, 0.05) is 9.84 Å². The molecular formula is C14H20INO3S. The monoisotopic (exact) mass is 409 g/mol. The maximum Gasteiger partial charge on any atom is 0.240 e. The number of halogens is 1. The second-order valence-electron chi connectivity index (χ2n) is 5.90. The summed E-state index contributed by atoms with van der Waals surface area (Å²) < 4.78 is 34.2. The second kappa shape index (κ2) is 5.90. The van der Waals surface area contributed by atoms with Crippen molar-refractivity contribution in [2.75, 3.05) is 11.0 Å². The highest BCUT2D eigenvalue weighted by Gasteiger charge is 2.44. The first-order chi connectivity index (χ1) is 9.26. The highest BCUT2D eigenvalue weighted by atomic mass is 127. The lowest BCUT2D eigenvalue weighted by atomic mass is 9.86. The summed E-state index contributed by atoms with van der Waals surface area (Å²) in [6.45, 7) is 6.56. The van der Waals surface area contributed by atoms with Gasteiger partial charge in [-0.05, 0) is 19.1 Å². The molecule has 1 saturated heterocycles. The highest BCUT2D eigenvalue weighted by molar-refractivity contribution is 14.1. The number of alkyl halides is 1. The van der Waals surface area contributed by atoms with E-state index in [9.17, 15) is 8.42 Å². The van der Waals surface area contributed by atoms with Gasteiger partial charge in [0.2, 0.25) is 10.0 Å². The summed E-state index contributed by atoms with van der Waals surface area (Å²) >= 11 is 2.23. The Morgan fingerprint density at radius 2 is 1.95 bits per heavy atom. The van der Waals surface area contributed by atoms with Crippen molar-refractivity contribution in [2.24, 2.45) is 5.41 Å². The van der Waals surface area contributed by atoms with Gasteiger partial charge < -0.3 is 4.74 Å². The summed E-state index contributed by atoms with van der Waals surface area (Å²) in [4.78, 5) is 0.304. The summed E-state index contributed by atoms with van der Waals surface area (Å²) in [5, 5.41) is 0. The molecule has 1 aromatic rings. The van der Waals surface area contributed by atoms with E-state index in [1.54, 1.807) is 24.3 Å². The van der Waals surface area contributed by atoms with Crippen LogP contribution in [-0.2, 0) is 14.8 Å². The molecule has 4 nitrogen and oxygen atoms in total. The Hall–Kier alpha value is -0.180. The Morgan fingerprint density at radius 3 is 2.50 bits per heavy atom. The third-order valence-electron chi connectivity index (χ3n) is 3.65. The van der Waals surface area contributed by atoms with Gasteiger partial charge in [0.15, 0.2) is 0 Å². The number of rotatable bonds is 4. The third-order valence-corrected chi connectivity index (χ3v) is 5.97. The molecule has 2 rings (SSSR count). The fraction of sp³-hybridized carbons (Fsp3) is 0.571. The average Bonchev–Trinajstić information content (AvgIpc) is 2.65. The van der Waals surface area contributed by atoms with Crippen molar-refractivity contribution in [2.45, 2.75) is 37.8 Å². The molecule has 20 heavy (non-hydrogen) atoms. The lowest BCUT2D eigenvalue weighted by molar-refractivity contribution is 0.113. The zero-order valence-electron chi connectivity index (χ0n) is 11.9. The van der Waals surface area contributed by atoms with Crippen LogP contribution < -0.4 is 4.72 Å². The van der Waals surface area contributed by atoms with Gasteiger partial charge in [0.1, 0.15) is 0 Å². The van der Waals surface area contributed by atoms with E-state index in [1.165, 1.54) is 0 Å². The fourth-order valence-corrected chi connectivity index (χ4v) is 4.53. The topological polar surface area (TPSA) is 55.4 Å². The number of hydrogen-bond acceptors (Lipinski definition) is 3. The van der Waals surface area contributed by atoms with E-state index < -0.39 is 10.0 Å². The molecule has 0 radical (unpaired) electrons. The minimum absolute atomic E-state index is 0.0779. The van der Waals surface area contributed by atoms with Crippen LogP contribution in [0.2, 0.25) is 0 Å². The average molecular weight is 409 g/mol. The Balaban J connectivity index is 2.25. The second-order valence-corrected chi connectivity index (χ2v) is 8.50. The molecule has 2 atom stereocenters. The Morgan fingerprint density at radius 1 is 1.35 bits per heavy atom. The summed E-state index contributed by atoms with van der Waals surface area (Å²) in [5.74, 6) is 0. The lowest BCUT2D eigenvalue weighted by Crippen LogP contribution is -2.48. The van der Waals surface area contributed by atoms with Crippen molar-refractivity contribution >= 4 is 32.6 Å².